The number of fused-ring (bicyclic) bond motifs is 1. The summed E-state index contributed by atoms with van der Waals surface area (Å²) < 4.78 is 1.89. The number of amides is 2. The third-order valence-electron chi connectivity index (χ3n) is 3.49. The molecule has 22 heavy (non-hydrogen) atoms. The van der Waals surface area contributed by atoms with Crippen LogP contribution in [0.3, 0.4) is 0 Å². The lowest BCUT2D eigenvalue weighted by Gasteiger charge is -2.18. The second-order valence-electron chi connectivity index (χ2n) is 5.02. The van der Waals surface area contributed by atoms with E-state index < -0.39 is 0 Å². The smallest absolute Gasteiger partial charge is 0.267 e. The molecule has 8 heteroatoms. The van der Waals surface area contributed by atoms with Gasteiger partial charge in [-0.05, 0) is 12.1 Å². The molecule has 8 nitrogen and oxygen atoms in total. The molecule has 0 unspecified atom stereocenters. The molecule has 114 valence electrons. The molecule has 3 rings (SSSR count). The van der Waals surface area contributed by atoms with E-state index in [0.29, 0.717) is 31.5 Å². The Morgan fingerprint density at radius 3 is 3.00 bits per heavy atom. The summed E-state index contributed by atoms with van der Waals surface area (Å²) in [4.78, 5) is 23.3. The van der Waals surface area contributed by atoms with Gasteiger partial charge in [-0.2, -0.15) is 5.10 Å². The zero-order chi connectivity index (χ0) is 15.5. The van der Waals surface area contributed by atoms with Crippen molar-refractivity contribution >= 4 is 23.2 Å². The molecule has 0 bridgehead atoms. The van der Waals surface area contributed by atoms with Crippen molar-refractivity contribution in [3.63, 3.8) is 0 Å². The Morgan fingerprint density at radius 2 is 2.18 bits per heavy atom. The summed E-state index contributed by atoms with van der Waals surface area (Å²) in [6.07, 6.45) is 3.15. The number of nitrogens with one attached hydrogen (secondary N) is 1. The summed E-state index contributed by atoms with van der Waals surface area (Å²) >= 11 is 0. The number of aromatic nitrogens is 3. The van der Waals surface area contributed by atoms with Crippen LogP contribution in [0.1, 0.15) is 18.7 Å². The van der Waals surface area contributed by atoms with Crippen molar-refractivity contribution in [2.45, 2.75) is 19.3 Å². The van der Waals surface area contributed by atoms with E-state index in [1.807, 2.05) is 28.8 Å². The van der Waals surface area contributed by atoms with Gasteiger partial charge in [0.05, 0.1) is 0 Å². The molecule has 0 fully saturated rings. The summed E-state index contributed by atoms with van der Waals surface area (Å²) in [5, 5.41) is 16.2. The van der Waals surface area contributed by atoms with E-state index in [-0.39, 0.29) is 11.8 Å². The Balaban J connectivity index is 1.58. The van der Waals surface area contributed by atoms with E-state index in [2.05, 4.69) is 20.6 Å². The van der Waals surface area contributed by atoms with E-state index in [0.717, 1.165) is 11.5 Å². The van der Waals surface area contributed by atoms with Gasteiger partial charge in [0, 0.05) is 39.1 Å². The quantitative estimate of drug-likeness (QED) is 0.860. The van der Waals surface area contributed by atoms with E-state index in [9.17, 15) is 9.59 Å². The van der Waals surface area contributed by atoms with Crippen LogP contribution in [0.4, 0.5) is 0 Å². The molecule has 0 radical (unpaired) electrons. The largest absolute Gasteiger partial charge is 0.350 e. The lowest BCUT2D eigenvalue weighted by molar-refractivity contribution is -0.130. The number of pyridine rings is 1. The van der Waals surface area contributed by atoms with Crippen molar-refractivity contribution in [2.24, 2.45) is 5.10 Å². The van der Waals surface area contributed by atoms with Gasteiger partial charge < -0.3 is 5.32 Å². The highest BCUT2D eigenvalue weighted by molar-refractivity contribution is 6.39. The van der Waals surface area contributed by atoms with Crippen LogP contribution in [0.25, 0.3) is 5.65 Å². The second kappa shape index (κ2) is 5.92. The molecular formula is C14H16N6O2. The Kier molecular flexibility index (Phi) is 3.82. The molecule has 1 N–H and O–H groups in total. The van der Waals surface area contributed by atoms with Gasteiger partial charge in [0.25, 0.3) is 5.91 Å². The number of nitrogens with zero attached hydrogens (tertiary/aromatic N) is 5. The van der Waals surface area contributed by atoms with Crippen LogP contribution in [-0.4, -0.2) is 50.7 Å². The maximum atomic E-state index is 12.0. The molecule has 2 amide bonds. The van der Waals surface area contributed by atoms with Crippen LogP contribution < -0.4 is 5.32 Å². The van der Waals surface area contributed by atoms with Gasteiger partial charge in [0.1, 0.15) is 11.5 Å². The normalized spacial score (nSPS) is 15.0. The lowest BCUT2D eigenvalue weighted by atomic mass is 10.1. The van der Waals surface area contributed by atoms with Crippen molar-refractivity contribution in [2.75, 3.05) is 13.6 Å². The molecular weight excluding hydrogens is 284 g/mol. The lowest BCUT2D eigenvalue weighted by Crippen LogP contribution is -2.38. The minimum atomic E-state index is -0.242. The van der Waals surface area contributed by atoms with Gasteiger partial charge in [0.15, 0.2) is 5.65 Å². The van der Waals surface area contributed by atoms with Crippen LogP contribution in [0, 0.1) is 0 Å². The Labute approximate surface area is 126 Å². The Morgan fingerprint density at radius 1 is 1.32 bits per heavy atom. The fourth-order valence-corrected chi connectivity index (χ4v) is 2.28. The second-order valence-corrected chi connectivity index (χ2v) is 5.02. The third kappa shape index (κ3) is 2.80. The molecule has 0 saturated heterocycles. The molecule has 0 spiro atoms. The third-order valence-corrected chi connectivity index (χ3v) is 3.49. The SMILES string of the molecule is CN1N=C(C(=O)NCCc2nnc3ccccn23)CCC1=O. The summed E-state index contributed by atoms with van der Waals surface area (Å²) in [7, 11) is 1.55. The monoisotopic (exact) mass is 300 g/mol. The van der Waals surface area contributed by atoms with E-state index >= 15 is 0 Å². The van der Waals surface area contributed by atoms with Crippen LogP contribution in [0.2, 0.25) is 0 Å². The first kappa shape index (κ1) is 14.2. The molecule has 2 aromatic rings. The number of hydrogen-bond acceptors (Lipinski definition) is 5. The summed E-state index contributed by atoms with van der Waals surface area (Å²) in [6, 6.07) is 5.68. The van der Waals surface area contributed by atoms with Gasteiger partial charge in [-0.1, -0.05) is 6.07 Å². The van der Waals surface area contributed by atoms with Crippen molar-refractivity contribution in [3.8, 4) is 0 Å². The first-order chi connectivity index (χ1) is 10.6. The number of rotatable bonds is 4. The zero-order valence-electron chi connectivity index (χ0n) is 12.2. The zero-order valence-corrected chi connectivity index (χ0v) is 12.2. The highest BCUT2D eigenvalue weighted by Crippen LogP contribution is 2.07. The van der Waals surface area contributed by atoms with Crippen molar-refractivity contribution < 1.29 is 9.59 Å². The van der Waals surface area contributed by atoms with Crippen molar-refractivity contribution in [1.82, 2.24) is 24.9 Å². The molecule has 0 saturated carbocycles. The predicted molar refractivity (Wildman–Crippen MR) is 79.1 cm³/mol. The summed E-state index contributed by atoms with van der Waals surface area (Å²) in [6.45, 7) is 0.436. The Bertz CT molecular complexity index is 751. The maximum Gasteiger partial charge on any atom is 0.267 e. The molecule has 1 aliphatic heterocycles. The van der Waals surface area contributed by atoms with Gasteiger partial charge in [0.2, 0.25) is 5.91 Å². The highest BCUT2D eigenvalue weighted by Gasteiger charge is 2.21. The minimum Gasteiger partial charge on any atom is -0.350 e. The molecule has 3 heterocycles. The molecule has 0 atom stereocenters. The average Bonchev–Trinajstić information content (AvgIpc) is 2.93. The minimum absolute atomic E-state index is 0.0773. The number of hydrogen-bond donors (Lipinski definition) is 1. The molecule has 0 aliphatic carbocycles. The summed E-state index contributed by atoms with van der Waals surface area (Å²) in [5.74, 6) is 0.466. The average molecular weight is 300 g/mol. The van der Waals surface area contributed by atoms with Gasteiger partial charge in [-0.25, -0.2) is 5.01 Å². The summed E-state index contributed by atoms with van der Waals surface area (Å²) in [5.41, 5.74) is 1.16. The number of carbonyl (C=O) groups excluding carboxylic acids is 2. The van der Waals surface area contributed by atoms with Crippen LogP contribution in [0.15, 0.2) is 29.5 Å². The molecule has 2 aromatic heterocycles. The Hall–Kier alpha value is -2.77. The fraction of sp³-hybridized carbons (Fsp3) is 0.357. The van der Waals surface area contributed by atoms with Crippen LogP contribution >= 0.6 is 0 Å². The maximum absolute atomic E-state index is 12.0. The van der Waals surface area contributed by atoms with E-state index in [1.165, 1.54) is 5.01 Å². The first-order valence-electron chi connectivity index (χ1n) is 7.06. The number of carbonyl (C=O) groups is 2. The van der Waals surface area contributed by atoms with Crippen molar-refractivity contribution in [3.05, 3.63) is 30.2 Å². The number of hydrazone groups is 1. The molecule has 1 aliphatic rings. The van der Waals surface area contributed by atoms with Crippen LogP contribution in [0.5, 0.6) is 0 Å². The highest BCUT2D eigenvalue weighted by atomic mass is 16.2. The fourth-order valence-electron chi connectivity index (χ4n) is 2.28. The topological polar surface area (TPSA) is 92.0 Å². The predicted octanol–water partition coefficient (Wildman–Crippen LogP) is -0.00380. The standard InChI is InChI=1S/C14H16N6O2/c1-19-13(21)6-5-10(18-19)14(22)15-8-7-12-17-16-11-4-2-3-9-20(11)12/h2-4,9H,5-8H2,1H3,(H,15,22). The van der Waals surface area contributed by atoms with Gasteiger partial charge in [-0.3, -0.25) is 14.0 Å². The van der Waals surface area contributed by atoms with E-state index in [4.69, 9.17) is 0 Å². The van der Waals surface area contributed by atoms with E-state index in [1.54, 1.807) is 7.05 Å². The van der Waals surface area contributed by atoms with Crippen molar-refractivity contribution in [1.29, 1.82) is 0 Å². The first-order valence-corrected chi connectivity index (χ1v) is 7.06. The van der Waals surface area contributed by atoms with Crippen LogP contribution in [-0.2, 0) is 16.0 Å². The molecule has 0 aromatic carbocycles. The van der Waals surface area contributed by atoms with Gasteiger partial charge >= 0.3 is 0 Å². The van der Waals surface area contributed by atoms with Gasteiger partial charge in [-0.15, -0.1) is 10.2 Å².